The summed E-state index contributed by atoms with van der Waals surface area (Å²) in [6.07, 6.45) is 1.52. The fraction of sp³-hybridized carbons (Fsp3) is 0.400. The van der Waals surface area contributed by atoms with Gasteiger partial charge in [-0.3, -0.25) is 9.69 Å². The van der Waals surface area contributed by atoms with Crippen LogP contribution in [-0.4, -0.2) is 69.2 Å². The highest BCUT2D eigenvalue weighted by molar-refractivity contribution is 5.91. The topological polar surface area (TPSA) is 89.5 Å². The summed E-state index contributed by atoms with van der Waals surface area (Å²) in [6.45, 7) is 5.48. The van der Waals surface area contributed by atoms with Crippen LogP contribution >= 0.6 is 0 Å². The van der Waals surface area contributed by atoms with E-state index in [0.29, 0.717) is 25.4 Å². The molecule has 9 nitrogen and oxygen atoms in total. The summed E-state index contributed by atoms with van der Waals surface area (Å²) in [5, 5.41) is 12.3. The van der Waals surface area contributed by atoms with Gasteiger partial charge in [0.05, 0.1) is 26.0 Å². The van der Waals surface area contributed by atoms with Gasteiger partial charge in [-0.15, -0.1) is 5.10 Å². The number of amides is 1. The van der Waals surface area contributed by atoms with E-state index in [-0.39, 0.29) is 11.9 Å². The molecule has 1 saturated heterocycles. The molecule has 0 radical (unpaired) electrons. The van der Waals surface area contributed by atoms with Crippen molar-refractivity contribution in [1.82, 2.24) is 30.0 Å². The summed E-state index contributed by atoms with van der Waals surface area (Å²) in [7, 11) is 1.65. The standard InChI is InChI=1S/C20H24N6O3/c1-15(24-9-11-25(12-10-24)20(27)18-4-3-13-29-18)19-21-22-23-26(19)14-16-5-7-17(28-2)8-6-16/h3-8,13,15H,9-12,14H2,1-2H3. The Morgan fingerprint density at radius 2 is 1.93 bits per heavy atom. The molecule has 0 aliphatic carbocycles. The maximum atomic E-state index is 12.4. The van der Waals surface area contributed by atoms with E-state index < -0.39 is 0 Å². The highest BCUT2D eigenvalue weighted by atomic mass is 16.5. The fourth-order valence-corrected chi connectivity index (χ4v) is 3.56. The quantitative estimate of drug-likeness (QED) is 0.628. The van der Waals surface area contributed by atoms with E-state index in [1.807, 2.05) is 33.8 Å². The van der Waals surface area contributed by atoms with E-state index in [2.05, 4.69) is 27.3 Å². The van der Waals surface area contributed by atoms with Crippen LogP contribution in [0.15, 0.2) is 47.1 Å². The first-order valence-corrected chi connectivity index (χ1v) is 9.61. The van der Waals surface area contributed by atoms with Crippen LogP contribution in [0, 0.1) is 0 Å². The van der Waals surface area contributed by atoms with Crippen molar-refractivity contribution in [2.24, 2.45) is 0 Å². The van der Waals surface area contributed by atoms with Crippen LogP contribution in [-0.2, 0) is 6.54 Å². The Balaban J connectivity index is 1.38. The number of nitrogens with zero attached hydrogens (tertiary/aromatic N) is 6. The minimum absolute atomic E-state index is 0.0455. The third kappa shape index (κ3) is 4.14. The Morgan fingerprint density at radius 3 is 2.59 bits per heavy atom. The second-order valence-corrected chi connectivity index (χ2v) is 7.02. The van der Waals surface area contributed by atoms with Gasteiger partial charge < -0.3 is 14.1 Å². The van der Waals surface area contributed by atoms with Crippen LogP contribution < -0.4 is 4.74 Å². The number of benzene rings is 1. The predicted octanol–water partition coefficient (Wildman–Crippen LogP) is 1.84. The minimum atomic E-state index is -0.0633. The van der Waals surface area contributed by atoms with Crippen molar-refractivity contribution in [3.63, 3.8) is 0 Å². The van der Waals surface area contributed by atoms with Crippen LogP contribution in [0.4, 0.5) is 0 Å². The van der Waals surface area contributed by atoms with Gasteiger partial charge in [-0.05, 0) is 47.2 Å². The lowest BCUT2D eigenvalue weighted by molar-refractivity contribution is 0.0543. The third-order valence-corrected chi connectivity index (χ3v) is 5.31. The number of aromatic nitrogens is 4. The van der Waals surface area contributed by atoms with Crippen molar-refractivity contribution < 1.29 is 13.9 Å². The zero-order valence-electron chi connectivity index (χ0n) is 16.6. The highest BCUT2D eigenvalue weighted by Gasteiger charge is 2.28. The highest BCUT2D eigenvalue weighted by Crippen LogP contribution is 2.21. The molecular weight excluding hydrogens is 372 g/mol. The Kier molecular flexibility index (Phi) is 5.57. The van der Waals surface area contributed by atoms with Crippen molar-refractivity contribution in [2.75, 3.05) is 33.3 Å². The van der Waals surface area contributed by atoms with Crippen LogP contribution in [0.3, 0.4) is 0 Å². The number of rotatable bonds is 6. The molecule has 1 aliphatic heterocycles. The summed E-state index contributed by atoms with van der Waals surface area (Å²) in [6, 6.07) is 11.3. The summed E-state index contributed by atoms with van der Waals surface area (Å²) in [5.41, 5.74) is 1.10. The first-order chi connectivity index (χ1) is 14.2. The van der Waals surface area contributed by atoms with Gasteiger partial charge in [0.2, 0.25) is 0 Å². The Bertz CT molecular complexity index is 930. The summed E-state index contributed by atoms with van der Waals surface area (Å²) < 4.78 is 12.3. The van der Waals surface area contributed by atoms with Gasteiger partial charge in [0.1, 0.15) is 5.75 Å². The zero-order valence-corrected chi connectivity index (χ0v) is 16.6. The molecule has 29 heavy (non-hydrogen) atoms. The normalized spacial score (nSPS) is 16.0. The SMILES string of the molecule is COc1ccc(Cn2nnnc2C(C)N2CCN(C(=O)c3ccco3)CC2)cc1. The number of tetrazole rings is 1. The number of hydrogen-bond acceptors (Lipinski definition) is 7. The van der Waals surface area contributed by atoms with Crippen molar-refractivity contribution in [3.8, 4) is 5.75 Å². The van der Waals surface area contributed by atoms with Gasteiger partial charge in [0.25, 0.3) is 5.91 Å². The molecule has 1 aliphatic rings. The van der Waals surface area contributed by atoms with E-state index in [9.17, 15) is 4.79 Å². The van der Waals surface area contributed by atoms with Gasteiger partial charge in [-0.1, -0.05) is 12.1 Å². The molecule has 1 unspecified atom stereocenters. The molecule has 1 aromatic carbocycles. The van der Waals surface area contributed by atoms with E-state index in [1.54, 1.807) is 19.2 Å². The molecule has 4 rings (SSSR count). The Hall–Kier alpha value is -3.20. The lowest BCUT2D eigenvalue weighted by Gasteiger charge is -2.37. The van der Waals surface area contributed by atoms with E-state index in [1.165, 1.54) is 6.26 Å². The number of carbonyl (C=O) groups is 1. The molecule has 0 bridgehead atoms. The first kappa shape index (κ1) is 19.1. The molecule has 3 aromatic rings. The fourth-order valence-electron chi connectivity index (χ4n) is 3.56. The van der Waals surface area contributed by atoms with Crippen LogP contribution in [0.2, 0.25) is 0 Å². The molecule has 152 valence electrons. The van der Waals surface area contributed by atoms with Gasteiger partial charge in [-0.25, -0.2) is 4.68 Å². The summed E-state index contributed by atoms with van der Waals surface area (Å²) in [5.74, 6) is 1.95. The first-order valence-electron chi connectivity index (χ1n) is 9.61. The molecule has 0 spiro atoms. The van der Waals surface area contributed by atoms with E-state index in [4.69, 9.17) is 9.15 Å². The predicted molar refractivity (Wildman–Crippen MR) is 105 cm³/mol. The Labute approximate surface area is 168 Å². The number of piperazine rings is 1. The van der Waals surface area contributed by atoms with Gasteiger partial charge in [-0.2, -0.15) is 0 Å². The summed E-state index contributed by atoms with van der Waals surface area (Å²) >= 11 is 0. The van der Waals surface area contributed by atoms with Crippen molar-refractivity contribution in [2.45, 2.75) is 19.5 Å². The number of furan rings is 1. The van der Waals surface area contributed by atoms with E-state index >= 15 is 0 Å². The van der Waals surface area contributed by atoms with Crippen molar-refractivity contribution in [1.29, 1.82) is 0 Å². The molecule has 3 heterocycles. The molecule has 1 amide bonds. The summed E-state index contributed by atoms with van der Waals surface area (Å²) in [4.78, 5) is 16.6. The van der Waals surface area contributed by atoms with Crippen LogP contribution in [0.25, 0.3) is 0 Å². The molecule has 9 heteroatoms. The smallest absolute Gasteiger partial charge is 0.289 e. The molecule has 0 N–H and O–H groups in total. The number of methoxy groups -OCH3 is 1. The van der Waals surface area contributed by atoms with Gasteiger partial charge in [0, 0.05) is 26.2 Å². The largest absolute Gasteiger partial charge is 0.497 e. The van der Waals surface area contributed by atoms with Gasteiger partial charge in [0.15, 0.2) is 11.6 Å². The molecule has 1 fully saturated rings. The maximum absolute atomic E-state index is 12.4. The molecular formula is C20H24N6O3. The van der Waals surface area contributed by atoms with Crippen LogP contribution in [0.5, 0.6) is 5.75 Å². The molecule has 1 atom stereocenters. The lowest BCUT2D eigenvalue weighted by Crippen LogP contribution is -2.49. The second kappa shape index (κ2) is 8.44. The van der Waals surface area contributed by atoms with E-state index in [0.717, 1.165) is 30.2 Å². The molecule has 0 saturated carbocycles. The average Bonchev–Trinajstić information content (AvgIpc) is 3.46. The Morgan fingerprint density at radius 1 is 1.17 bits per heavy atom. The maximum Gasteiger partial charge on any atom is 0.289 e. The zero-order chi connectivity index (χ0) is 20.2. The monoisotopic (exact) mass is 396 g/mol. The lowest BCUT2D eigenvalue weighted by atomic mass is 10.2. The number of ether oxygens (including phenoxy) is 1. The second-order valence-electron chi connectivity index (χ2n) is 7.02. The van der Waals surface area contributed by atoms with Crippen molar-refractivity contribution >= 4 is 5.91 Å². The van der Waals surface area contributed by atoms with Crippen molar-refractivity contribution in [3.05, 3.63) is 59.8 Å². The average molecular weight is 396 g/mol. The number of carbonyl (C=O) groups excluding carboxylic acids is 1. The van der Waals surface area contributed by atoms with Gasteiger partial charge >= 0.3 is 0 Å². The number of hydrogen-bond donors (Lipinski definition) is 0. The third-order valence-electron chi connectivity index (χ3n) is 5.31. The van der Waals surface area contributed by atoms with Crippen LogP contribution in [0.1, 0.15) is 34.9 Å². The molecule has 2 aromatic heterocycles. The minimum Gasteiger partial charge on any atom is -0.497 e.